The van der Waals surface area contributed by atoms with Crippen molar-refractivity contribution < 1.29 is 0 Å². The van der Waals surface area contributed by atoms with Gasteiger partial charge in [-0.25, -0.2) is 4.98 Å². The van der Waals surface area contributed by atoms with Crippen molar-refractivity contribution in [2.45, 2.75) is 57.7 Å². The molecule has 2 saturated heterocycles. The second kappa shape index (κ2) is 5.31. The number of aromatic nitrogens is 2. The Hall–Kier alpha value is -1.03. The van der Waals surface area contributed by atoms with Gasteiger partial charge in [0.2, 0.25) is 5.95 Å². The van der Waals surface area contributed by atoms with Crippen molar-refractivity contribution in [3.8, 4) is 0 Å². The Morgan fingerprint density at radius 2 is 2.33 bits per heavy atom. The van der Waals surface area contributed by atoms with Gasteiger partial charge in [-0.2, -0.15) is 0 Å². The Kier molecular flexibility index (Phi) is 3.55. The molecule has 1 aromatic rings. The second-order valence-corrected chi connectivity index (χ2v) is 5.64. The van der Waals surface area contributed by atoms with Crippen LogP contribution in [0.4, 0.5) is 5.95 Å². The van der Waals surface area contributed by atoms with Crippen molar-refractivity contribution in [2.75, 3.05) is 18.4 Å². The quantitative estimate of drug-likeness (QED) is 0.888. The predicted molar refractivity (Wildman–Crippen MR) is 73.8 cm³/mol. The summed E-state index contributed by atoms with van der Waals surface area (Å²) < 4.78 is 2.24. The van der Waals surface area contributed by atoms with Gasteiger partial charge >= 0.3 is 0 Å². The van der Waals surface area contributed by atoms with Crippen LogP contribution in [0.2, 0.25) is 0 Å². The molecule has 2 atom stereocenters. The molecule has 0 bridgehead atoms. The lowest BCUT2D eigenvalue weighted by Gasteiger charge is -2.35. The fraction of sp³-hybridized carbons (Fsp3) is 0.786. The summed E-state index contributed by atoms with van der Waals surface area (Å²) in [5.41, 5.74) is 0. The van der Waals surface area contributed by atoms with Gasteiger partial charge in [0.25, 0.3) is 0 Å². The van der Waals surface area contributed by atoms with Gasteiger partial charge in [-0.1, -0.05) is 6.92 Å². The van der Waals surface area contributed by atoms with Crippen LogP contribution in [0.25, 0.3) is 0 Å². The van der Waals surface area contributed by atoms with E-state index in [1.54, 1.807) is 0 Å². The Labute approximate surface area is 109 Å². The molecular weight excluding hydrogens is 224 g/mol. The van der Waals surface area contributed by atoms with Crippen molar-refractivity contribution in [1.29, 1.82) is 0 Å². The molecule has 3 heterocycles. The van der Waals surface area contributed by atoms with Crippen LogP contribution in [0.3, 0.4) is 0 Å². The van der Waals surface area contributed by atoms with Crippen LogP contribution in [-0.4, -0.2) is 39.6 Å². The van der Waals surface area contributed by atoms with Crippen LogP contribution in [-0.2, 0) is 6.54 Å². The van der Waals surface area contributed by atoms with E-state index in [1.807, 2.05) is 6.20 Å². The summed E-state index contributed by atoms with van der Waals surface area (Å²) in [6, 6.07) is 1.44. The Morgan fingerprint density at radius 3 is 3.22 bits per heavy atom. The first-order valence-corrected chi connectivity index (χ1v) is 7.38. The summed E-state index contributed by atoms with van der Waals surface area (Å²) >= 11 is 0. The molecule has 0 aromatic carbocycles. The number of piperidine rings is 1. The van der Waals surface area contributed by atoms with E-state index in [9.17, 15) is 0 Å². The standard InChI is InChI=1S/C14H24N4/c1-2-7-18-10-6-15-14(18)16-12-5-9-17-8-3-4-13(17)11-12/h6,10,12-13H,2-5,7-9,11H2,1H3,(H,15,16). The normalized spacial score (nSPS) is 28.3. The van der Waals surface area contributed by atoms with Gasteiger partial charge in [-0.3, -0.25) is 0 Å². The van der Waals surface area contributed by atoms with E-state index in [1.165, 1.54) is 38.8 Å². The third-order valence-corrected chi connectivity index (χ3v) is 4.33. The number of rotatable bonds is 4. The fourth-order valence-corrected chi connectivity index (χ4v) is 3.41. The summed E-state index contributed by atoms with van der Waals surface area (Å²) in [6.07, 6.45) is 10.5. The summed E-state index contributed by atoms with van der Waals surface area (Å²) in [4.78, 5) is 7.12. The molecule has 0 amide bonds. The molecule has 2 fully saturated rings. The maximum absolute atomic E-state index is 4.45. The molecule has 2 aliphatic heterocycles. The third-order valence-electron chi connectivity index (χ3n) is 4.33. The SMILES string of the molecule is CCCn1ccnc1NC1CCN2CCCC2C1. The summed E-state index contributed by atoms with van der Waals surface area (Å²) in [6.45, 7) is 5.85. The highest BCUT2D eigenvalue weighted by Gasteiger charge is 2.31. The number of anilines is 1. The van der Waals surface area contributed by atoms with E-state index in [2.05, 4.69) is 32.9 Å². The molecule has 0 saturated carbocycles. The smallest absolute Gasteiger partial charge is 0.202 e. The Bertz CT molecular complexity index is 387. The van der Waals surface area contributed by atoms with Gasteiger partial charge in [0.1, 0.15) is 0 Å². The topological polar surface area (TPSA) is 33.1 Å². The average Bonchev–Trinajstić information content (AvgIpc) is 2.99. The molecule has 18 heavy (non-hydrogen) atoms. The predicted octanol–water partition coefficient (Wildman–Crippen LogP) is 2.33. The summed E-state index contributed by atoms with van der Waals surface area (Å²) in [7, 11) is 0. The minimum absolute atomic E-state index is 0.613. The molecule has 0 spiro atoms. The first kappa shape index (κ1) is 12.0. The van der Waals surface area contributed by atoms with Crippen LogP contribution in [0.15, 0.2) is 12.4 Å². The van der Waals surface area contributed by atoms with Gasteiger partial charge in [-0.05, 0) is 38.6 Å². The monoisotopic (exact) mass is 248 g/mol. The van der Waals surface area contributed by atoms with Crippen LogP contribution in [0, 0.1) is 0 Å². The molecule has 3 rings (SSSR count). The lowest BCUT2D eigenvalue weighted by Crippen LogP contribution is -2.43. The van der Waals surface area contributed by atoms with E-state index in [0.717, 1.165) is 25.0 Å². The molecule has 4 heteroatoms. The minimum Gasteiger partial charge on any atom is -0.353 e. The first-order chi connectivity index (χ1) is 8.86. The number of hydrogen-bond acceptors (Lipinski definition) is 3. The van der Waals surface area contributed by atoms with Crippen LogP contribution in [0.1, 0.15) is 39.0 Å². The molecule has 0 aliphatic carbocycles. The van der Waals surface area contributed by atoms with Crippen molar-refractivity contribution in [1.82, 2.24) is 14.5 Å². The minimum atomic E-state index is 0.613. The van der Waals surface area contributed by atoms with Crippen LogP contribution < -0.4 is 5.32 Å². The third kappa shape index (κ3) is 2.39. The zero-order chi connectivity index (χ0) is 12.4. The Morgan fingerprint density at radius 1 is 1.39 bits per heavy atom. The summed E-state index contributed by atoms with van der Waals surface area (Å²) in [5.74, 6) is 1.06. The molecular formula is C14H24N4. The van der Waals surface area contributed by atoms with Gasteiger partial charge in [0.05, 0.1) is 0 Å². The van der Waals surface area contributed by atoms with Crippen LogP contribution >= 0.6 is 0 Å². The summed E-state index contributed by atoms with van der Waals surface area (Å²) in [5, 5.41) is 3.65. The van der Waals surface area contributed by atoms with Crippen molar-refractivity contribution in [2.24, 2.45) is 0 Å². The number of imidazole rings is 1. The zero-order valence-electron chi connectivity index (χ0n) is 11.3. The highest BCUT2D eigenvalue weighted by atomic mass is 15.2. The van der Waals surface area contributed by atoms with Crippen molar-refractivity contribution in [3.05, 3.63) is 12.4 Å². The molecule has 100 valence electrons. The molecule has 2 aliphatic rings. The number of aryl methyl sites for hydroxylation is 1. The van der Waals surface area contributed by atoms with Crippen molar-refractivity contribution >= 4 is 5.95 Å². The van der Waals surface area contributed by atoms with Crippen LogP contribution in [0.5, 0.6) is 0 Å². The number of nitrogens with zero attached hydrogens (tertiary/aromatic N) is 3. The molecule has 0 radical (unpaired) electrons. The molecule has 1 N–H and O–H groups in total. The van der Waals surface area contributed by atoms with E-state index in [0.29, 0.717) is 6.04 Å². The van der Waals surface area contributed by atoms with Gasteiger partial charge in [0, 0.05) is 37.6 Å². The second-order valence-electron chi connectivity index (χ2n) is 5.64. The maximum atomic E-state index is 4.45. The largest absolute Gasteiger partial charge is 0.353 e. The van der Waals surface area contributed by atoms with E-state index in [4.69, 9.17) is 0 Å². The lowest BCUT2D eigenvalue weighted by molar-refractivity contribution is 0.187. The number of hydrogen-bond donors (Lipinski definition) is 1. The average molecular weight is 248 g/mol. The van der Waals surface area contributed by atoms with E-state index >= 15 is 0 Å². The van der Waals surface area contributed by atoms with Gasteiger partial charge in [-0.15, -0.1) is 0 Å². The highest BCUT2D eigenvalue weighted by Crippen LogP contribution is 2.28. The first-order valence-electron chi connectivity index (χ1n) is 7.38. The van der Waals surface area contributed by atoms with E-state index in [-0.39, 0.29) is 0 Å². The molecule has 1 aromatic heterocycles. The van der Waals surface area contributed by atoms with E-state index < -0.39 is 0 Å². The fourth-order valence-electron chi connectivity index (χ4n) is 3.41. The molecule has 2 unspecified atom stereocenters. The Balaban J connectivity index is 1.60. The lowest BCUT2D eigenvalue weighted by atomic mass is 9.98. The van der Waals surface area contributed by atoms with Gasteiger partial charge in [0.15, 0.2) is 0 Å². The van der Waals surface area contributed by atoms with Crippen molar-refractivity contribution in [3.63, 3.8) is 0 Å². The maximum Gasteiger partial charge on any atom is 0.202 e. The van der Waals surface area contributed by atoms with Gasteiger partial charge < -0.3 is 14.8 Å². The number of fused-ring (bicyclic) bond motifs is 1. The zero-order valence-corrected chi connectivity index (χ0v) is 11.3. The number of nitrogens with one attached hydrogen (secondary N) is 1. The highest BCUT2D eigenvalue weighted by molar-refractivity contribution is 5.28. The molecule has 4 nitrogen and oxygen atoms in total.